The summed E-state index contributed by atoms with van der Waals surface area (Å²) in [4.78, 5) is 4.54. The van der Waals surface area contributed by atoms with Gasteiger partial charge in [-0.1, -0.05) is 0 Å². The molecule has 0 atom stereocenters. The summed E-state index contributed by atoms with van der Waals surface area (Å²) in [5.41, 5.74) is 0. The van der Waals surface area contributed by atoms with Crippen molar-refractivity contribution in [1.29, 1.82) is 0 Å². The van der Waals surface area contributed by atoms with Crippen LogP contribution in [0.15, 0.2) is 9.95 Å². The summed E-state index contributed by atoms with van der Waals surface area (Å²) in [5, 5.41) is 0. The van der Waals surface area contributed by atoms with Gasteiger partial charge in [0.1, 0.15) is 0 Å². The van der Waals surface area contributed by atoms with Crippen molar-refractivity contribution in [2.24, 2.45) is 0 Å². The molecule has 0 heterocycles. The van der Waals surface area contributed by atoms with Gasteiger partial charge in [-0.3, -0.25) is 0 Å². The molecule has 0 saturated carbocycles. The molecule has 0 radical (unpaired) electrons. The molecule has 0 spiro atoms. The molecular weight excluding hydrogens is 206 g/mol. The predicted molar refractivity (Wildman–Crippen MR) is 32.4 cm³/mol. The zero-order valence-corrected chi connectivity index (χ0v) is 7.40. The first kappa shape index (κ1) is 6.78. The van der Waals surface area contributed by atoms with Crippen molar-refractivity contribution in [2.75, 3.05) is 0 Å². The monoisotopic (exact) mass is 216 g/mol. The van der Waals surface area contributed by atoms with E-state index in [1.54, 1.807) is 0 Å². The fourth-order valence-corrected chi connectivity index (χ4v) is 3.00. The zero-order valence-electron chi connectivity index (χ0n) is 3.97. The van der Waals surface area contributed by atoms with Gasteiger partial charge >= 0.3 is 51.5 Å². The Morgan fingerprint density at radius 3 is 1.50 bits per heavy atom. The summed E-state index contributed by atoms with van der Waals surface area (Å²) in [6.45, 7) is 0. The molecule has 0 bridgehead atoms. The van der Waals surface area contributed by atoms with Crippen molar-refractivity contribution in [1.82, 2.24) is 0 Å². The predicted octanol–water partition coefficient (Wildman–Crippen LogP) is 0.962. The van der Waals surface area contributed by atoms with Crippen LogP contribution in [0.1, 0.15) is 0 Å². The Hall–Kier alpha value is 0.779. The Morgan fingerprint density at radius 1 is 1.00 bits per heavy atom. The Kier molecular flexibility index (Phi) is 6.53. The molecular formula is C4H8Se2. The summed E-state index contributed by atoms with van der Waals surface area (Å²) in [7, 11) is 0. The average Bonchev–Trinajstić information content (AvgIpc) is 1.61. The normalized spacial score (nSPS) is 10.3. The molecule has 0 N–H and O–H groups in total. The Balaban J connectivity index is 2.73. The first-order valence-corrected chi connectivity index (χ1v) is 7.03. The van der Waals surface area contributed by atoms with Gasteiger partial charge in [0.25, 0.3) is 0 Å². The molecule has 0 amide bonds. The van der Waals surface area contributed by atoms with E-state index in [9.17, 15) is 0 Å². The SMILES string of the molecule is C[Se]/C=C/[Se]C. The number of rotatable bonds is 2. The van der Waals surface area contributed by atoms with Crippen LogP contribution in [0.5, 0.6) is 0 Å². The van der Waals surface area contributed by atoms with Crippen molar-refractivity contribution in [2.45, 2.75) is 11.6 Å². The fraction of sp³-hybridized carbons (Fsp3) is 0.500. The second-order valence-electron chi connectivity index (χ2n) is 0.744. The van der Waals surface area contributed by atoms with Gasteiger partial charge in [-0.2, -0.15) is 0 Å². The van der Waals surface area contributed by atoms with E-state index in [1.165, 1.54) is 0 Å². The minimum absolute atomic E-state index is 0.762. The second kappa shape index (κ2) is 5.78. The van der Waals surface area contributed by atoms with Crippen molar-refractivity contribution < 1.29 is 0 Å². The van der Waals surface area contributed by atoms with Gasteiger partial charge in [0.2, 0.25) is 0 Å². The molecule has 0 aromatic heterocycles. The number of hydrogen-bond donors (Lipinski definition) is 0. The van der Waals surface area contributed by atoms with Crippen molar-refractivity contribution in [3.05, 3.63) is 9.95 Å². The van der Waals surface area contributed by atoms with Crippen molar-refractivity contribution in [3.8, 4) is 0 Å². The van der Waals surface area contributed by atoms with Gasteiger partial charge in [-0.25, -0.2) is 0 Å². The summed E-state index contributed by atoms with van der Waals surface area (Å²) in [6.07, 6.45) is 0. The minimum atomic E-state index is 0.762. The van der Waals surface area contributed by atoms with Gasteiger partial charge in [-0.15, -0.1) is 0 Å². The molecule has 0 saturated heterocycles. The first-order chi connectivity index (χ1) is 2.91. The quantitative estimate of drug-likeness (QED) is 0.600. The van der Waals surface area contributed by atoms with Crippen LogP contribution < -0.4 is 0 Å². The third kappa shape index (κ3) is 4.78. The van der Waals surface area contributed by atoms with E-state index in [0.717, 1.165) is 29.9 Å². The van der Waals surface area contributed by atoms with Gasteiger partial charge in [-0.05, 0) is 0 Å². The molecule has 0 fully saturated rings. The van der Waals surface area contributed by atoms with Crippen LogP contribution >= 0.6 is 0 Å². The second-order valence-corrected chi connectivity index (χ2v) is 3.86. The summed E-state index contributed by atoms with van der Waals surface area (Å²) in [5.74, 6) is 4.43. The van der Waals surface area contributed by atoms with E-state index in [4.69, 9.17) is 0 Å². The van der Waals surface area contributed by atoms with E-state index in [0.29, 0.717) is 0 Å². The molecule has 0 unspecified atom stereocenters. The maximum atomic E-state index is 2.27. The van der Waals surface area contributed by atoms with Crippen molar-refractivity contribution in [3.63, 3.8) is 0 Å². The molecule has 0 aliphatic heterocycles. The maximum absolute atomic E-state index is 2.27. The van der Waals surface area contributed by atoms with E-state index in [-0.39, 0.29) is 0 Å². The van der Waals surface area contributed by atoms with E-state index < -0.39 is 0 Å². The topological polar surface area (TPSA) is 0 Å². The average molecular weight is 214 g/mol. The van der Waals surface area contributed by atoms with Crippen LogP contribution in [0.25, 0.3) is 0 Å². The first-order valence-electron chi connectivity index (χ1n) is 1.62. The van der Waals surface area contributed by atoms with Crippen LogP contribution in [0.2, 0.25) is 11.6 Å². The molecule has 0 rings (SSSR count). The fourth-order valence-electron chi connectivity index (χ4n) is 0.111. The summed E-state index contributed by atoms with van der Waals surface area (Å²) < 4.78 is 0. The van der Waals surface area contributed by atoms with E-state index in [1.807, 2.05) is 0 Å². The molecule has 36 valence electrons. The Labute approximate surface area is 51.7 Å². The zero-order chi connectivity index (χ0) is 4.83. The number of hydrogen-bond acceptors (Lipinski definition) is 0. The van der Waals surface area contributed by atoms with E-state index in [2.05, 4.69) is 21.6 Å². The molecule has 0 aliphatic rings. The molecule has 6 heavy (non-hydrogen) atoms. The molecule has 2 heteroatoms. The van der Waals surface area contributed by atoms with Gasteiger partial charge in [0.15, 0.2) is 0 Å². The van der Waals surface area contributed by atoms with Crippen LogP contribution in [-0.2, 0) is 0 Å². The third-order valence-corrected chi connectivity index (χ3v) is 2.91. The third-order valence-electron chi connectivity index (χ3n) is 0.328. The van der Waals surface area contributed by atoms with Crippen molar-refractivity contribution >= 4 is 29.9 Å². The summed E-state index contributed by atoms with van der Waals surface area (Å²) in [6, 6.07) is 0. The van der Waals surface area contributed by atoms with Gasteiger partial charge in [0, 0.05) is 0 Å². The molecule has 0 aromatic carbocycles. The van der Waals surface area contributed by atoms with Gasteiger partial charge < -0.3 is 0 Å². The van der Waals surface area contributed by atoms with Crippen LogP contribution in [0.4, 0.5) is 0 Å². The standard InChI is InChI=1S/C4H8Se2/c1-5-3-4-6-2/h3-4H,1-2H3/b4-3+. The molecule has 0 aromatic rings. The molecule has 0 nitrogen and oxygen atoms in total. The van der Waals surface area contributed by atoms with Gasteiger partial charge in [0.05, 0.1) is 0 Å². The summed E-state index contributed by atoms with van der Waals surface area (Å²) >= 11 is 1.52. The van der Waals surface area contributed by atoms with Crippen LogP contribution in [0.3, 0.4) is 0 Å². The van der Waals surface area contributed by atoms with Crippen LogP contribution in [0, 0.1) is 0 Å². The Morgan fingerprint density at radius 2 is 1.33 bits per heavy atom. The Bertz CT molecular complexity index is 34.8. The molecule has 0 aliphatic carbocycles. The van der Waals surface area contributed by atoms with Crippen LogP contribution in [-0.4, -0.2) is 29.9 Å². The van der Waals surface area contributed by atoms with E-state index >= 15 is 0 Å².